The van der Waals surface area contributed by atoms with E-state index in [1.54, 1.807) is 18.2 Å². The first kappa shape index (κ1) is 16.1. The highest BCUT2D eigenvalue weighted by molar-refractivity contribution is 5.96. The van der Waals surface area contributed by atoms with Crippen LogP contribution in [0.25, 0.3) is 0 Å². The summed E-state index contributed by atoms with van der Waals surface area (Å²) in [6.07, 6.45) is 4.35. The van der Waals surface area contributed by atoms with Crippen molar-refractivity contribution >= 4 is 23.5 Å². The third kappa shape index (κ3) is 3.11. The van der Waals surface area contributed by atoms with Gasteiger partial charge < -0.3 is 10.1 Å². The first-order chi connectivity index (χ1) is 12.1. The molecule has 7 heteroatoms. The molecule has 0 aromatic heterocycles. The van der Waals surface area contributed by atoms with Gasteiger partial charge in [0.25, 0.3) is 0 Å². The summed E-state index contributed by atoms with van der Waals surface area (Å²) >= 11 is 0. The van der Waals surface area contributed by atoms with Gasteiger partial charge in [-0.2, -0.15) is 0 Å². The van der Waals surface area contributed by atoms with Crippen molar-refractivity contribution in [2.24, 2.45) is 11.8 Å². The fraction of sp³-hybridized carbons (Fsp3) is 0.500. The lowest BCUT2D eigenvalue weighted by Crippen LogP contribution is -2.60. The Kier molecular flexibility index (Phi) is 4.17. The van der Waals surface area contributed by atoms with E-state index >= 15 is 0 Å². The molecular weight excluding hydrogens is 322 g/mol. The van der Waals surface area contributed by atoms with E-state index in [-0.39, 0.29) is 42.3 Å². The molecule has 1 aromatic carbocycles. The molecule has 3 aliphatic rings. The second-order valence-corrected chi connectivity index (χ2v) is 7.00. The molecule has 2 amide bonds. The minimum atomic E-state index is -0.321. The number of cyclic esters (lactones) is 1. The Balaban J connectivity index is 1.40. The Morgan fingerprint density at radius 1 is 1.24 bits per heavy atom. The molecule has 2 heterocycles. The van der Waals surface area contributed by atoms with Gasteiger partial charge in [0.15, 0.2) is 0 Å². The van der Waals surface area contributed by atoms with Crippen LogP contribution in [-0.4, -0.2) is 23.8 Å². The summed E-state index contributed by atoms with van der Waals surface area (Å²) in [5, 5.41) is 2.88. The fourth-order valence-corrected chi connectivity index (χ4v) is 4.16. The molecule has 25 heavy (non-hydrogen) atoms. The molecule has 1 aliphatic carbocycles. The van der Waals surface area contributed by atoms with E-state index in [9.17, 15) is 14.4 Å². The first-order valence-electron chi connectivity index (χ1n) is 8.77. The number of ether oxygens (including phenoxy) is 1. The van der Waals surface area contributed by atoms with Crippen molar-refractivity contribution < 1.29 is 19.1 Å². The van der Waals surface area contributed by atoms with Crippen LogP contribution >= 0.6 is 0 Å². The molecule has 0 bridgehead atoms. The van der Waals surface area contributed by atoms with Gasteiger partial charge >= 0.3 is 5.97 Å². The van der Waals surface area contributed by atoms with Crippen LogP contribution in [0.4, 0.5) is 5.69 Å². The summed E-state index contributed by atoms with van der Waals surface area (Å²) < 4.78 is 4.97. The Bertz CT molecular complexity index is 733. The van der Waals surface area contributed by atoms with E-state index < -0.39 is 0 Å². The molecule has 4 rings (SSSR count). The van der Waals surface area contributed by atoms with Crippen molar-refractivity contribution in [3.8, 4) is 0 Å². The van der Waals surface area contributed by atoms with Gasteiger partial charge in [-0.05, 0) is 37.0 Å². The number of anilines is 1. The van der Waals surface area contributed by atoms with Gasteiger partial charge in [-0.1, -0.05) is 12.8 Å². The first-order valence-corrected chi connectivity index (χ1v) is 8.77. The molecular formula is C18H21N3O4. The minimum Gasteiger partial charge on any atom is -0.457 e. The maximum absolute atomic E-state index is 12.4. The number of hydrogen-bond acceptors (Lipinski definition) is 5. The smallest absolute Gasteiger partial charge is 0.338 e. The lowest BCUT2D eigenvalue weighted by atomic mass is 9.73. The molecule has 0 spiro atoms. The number of carbonyl (C=O) groups excluding carboxylic acids is 3. The van der Waals surface area contributed by atoms with Crippen LogP contribution in [0, 0.1) is 11.8 Å². The van der Waals surface area contributed by atoms with E-state index in [0.717, 1.165) is 31.2 Å². The van der Waals surface area contributed by atoms with Crippen LogP contribution < -0.4 is 16.2 Å². The van der Waals surface area contributed by atoms with E-state index in [1.165, 1.54) is 0 Å². The van der Waals surface area contributed by atoms with Gasteiger partial charge in [-0.15, -0.1) is 0 Å². The number of fused-ring (bicyclic) bond motifs is 2. The van der Waals surface area contributed by atoms with Gasteiger partial charge in [0, 0.05) is 29.6 Å². The summed E-state index contributed by atoms with van der Waals surface area (Å²) in [6, 6.07) is 5.11. The zero-order valence-corrected chi connectivity index (χ0v) is 13.8. The van der Waals surface area contributed by atoms with Gasteiger partial charge in [0.1, 0.15) is 6.61 Å². The molecule has 1 aromatic rings. The molecule has 0 radical (unpaired) electrons. The van der Waals surface area contributed by atoms with Gasteiger partial charge in [-0.3, -0.25) is 15.0 Å². The maximum atomic E-state index is 12.4. The van der Waals surface area contributed by atoms with Gasteiger partial charge in [0.2, 0.25) is 11.8 Å². The number of rotatable bonds is 3. The van der Waals surface area contributed by atoms with Crippen molar-refractivity contribution in [2.75, 3.05) is 5.32 Å². The van der Waals surface area contributed by atoms with Crippen molar-refractivity contribution in [3.63, 3.8) is 0 Å². The molecule has 2 aliphatic heterocycles. The number of nitrogens with one attached hydrogen (secondary N) is 3. The zero-order valence-electron chi connectivity index (χ0n) is 13.8. The predicted molar refractivity (Wildman–Crippen MR) is 89.3 cm³/mol. The second-order valence-electron chi connectivity index (χ2n) is 7.00. The van der Waals surface area contributed by atoms with Crippen molar-refractivity contribution in [2.45, 2.75) is 44.8 Å². The van der Waals surface area contributed by atoms with Gasteiger partial charge in [0.05, 0.1) is 5.56 Å². The molecule has 2 fully saturated rings. The molecule has 7 nitrogen and oxygen atoms in total. The Morgan fingerprint density at radius 2 is 2.08 bits per heavy atom. The van der Waals surface area contributed by atoms with Crippen LogP contribution in [0.3, 0.4) is 0 Å². The number of hydrogen-bond donors (Lipinski definition) is 3. The van der Waals surface area contributed by atoms with Crippen molar-refractivity contribution in [1.82, 2.24) is 10.9 Å². The number of hydrazine groups is 1. The highest BCUT2D eigenvalue weighted by atomic mass is 16.5. The molecule has 1 saturated heterocycles. The fourth-order valence-electron chi connectivity index (χ4n) is 4.16. The summed E-state index contributed by atoms with van der Waals surface area (Å²) in [5.41, 5.74) is 7.72. The lowest BCUT2D eigenvalue weighted by Gasteiger charge is -2.40. The van der Waals surface area contributed by atoms with Gasteiger partial charge in [-0.25, -0.2) is 10.2 Å². The summed E-state index contributed by atoms with van der Waals surface area (Å²) in [5.74, 6) is -0.165. The SMILES string of the molecule is O=C(CC1NNC(=O)C2CCCCC12)Nc1ccc2c(c1)COC2=O. The third-order valence-corrected chi connectivity index (χ3v) is 5.43. The quantitative estimate of drug-likeness (QED) is 0.723. The highest BCUT2D eigenvalue weighted by Gasteiger charge is 2.40. The topological polar surface area (TPSA) is 96.5 Å². The van der Waals surface area contributed by atoms with Crippen molar-refractivity contribution in [3.05, 3.63) is 29.3 Å². The summed E-state index contributed by atoms with van der Waals surface area (Å²) in [4.78, 5) is 35.9. The van der Waals surface area contributed by atoms with E-state index in [1.807, 2.05) is 0 Å². The highest BCUT2D eigenvalue weighted by Crippen LogP contribution is 2.35. The second kappa shape index (κ2) is 6.48. The average molecular weight is 343 g/mol. The third-order valence-electron chi connectivity index (χ3n) is 5.43. The Hall–Kier alpha value is -2.41. The summed E-state index contributed by atoms with van der Waals surface area (Å²) in [6.45, 7) is 0.248. The summed E-state index contributed by atoms with van der Waals surface area (Å²) in [7, 11) is 0. The Morgan fingerprint density at radius 3 is 2.96 bits per heavy atom. The minimum absolute atomic E-state index is 0.0101. The van der Waals surface area contributed by atoms with Crippen LogP contribution in [-0.2, 0) is 20.9 Å². The van der Waals surface area contributed by atoms with Crippen molar-refractivity contribution in [1.29, 1.82) is 0 Å². The predicted octanol–water partition coefficient (Wildman–Crippen LogP) is 1.49. The average Bonchev–Trinajstić information content (AvgIpc) is 2.98. The number of benzene rings is 1. The maximum Gasteiger partial charge on any atom is 0.338 e. The van der Waals surface area contributed by atoms with E-state index in [2.05, 4.69) is 16.2 Å². The lowest BCUT2D eigenvalue weighted by molar-refractivity contribution is -0.134. The number of esters is 1. The molecule has 1 saturated carbocycles. The largest absolute Gasteiger partial charge is 0.457 e. The van der Waals surface area contributed by atoms with E-state index in [4.69, 9.17) is 4.74 Å². The van der Waals surface area contributed by atoms with Crippen LogP contribution in [0.1, 0.15) is 48.0 Å². The number of amides is 2. The molecule has 132 valence electrons. The van der Waals surface area contributed by atoms with E-state index in [0.29, 0.717) is 17.7 Å². The molecule has 3 N–H and O–H groups in total. The molecule has 3 unspecified atom stereocenters. The van der Waals surface area contributed by atoms with Crippen LogP contribution in [0.2, 0.25) is 0 Å². The monoisotopic (exact) mass is 343 g/mol. The number of carbonyl (C=O) groups is 3. The zero-order chi connectivity index (χ0) is 17.4. The Labute approximate surface area is 145 Å². The normalized spacial score (nSPS) is 27.8. The standard InChI is InChI=1S/C18H21N3O4/c22-16(19-11-5-6-12-10(7-11)9-25-18(12)24)8-15-13-3-1-2-4-14(13)17(23)21-20-15/h5-7,13-15,20H,1-4,8-9H2,(H,19,22)(H,21,23). The van der Waals surface area contributed by atoms with Crippen LogP contribution in [0.15, 0.2) is 18.2 Å². The molecule has 3 atom stereocenters. The van der Waals surface area contributed by atoms with Crippen LogP contribution in [0.5, 0.6) is 0 Å².